The maximum atomic E-state index is 5.91. The lowest BCUT2D eigenvalue weighted by molar-refractivity contribution is -0.00436. The van der Waals surface area contributed by atoms with Gasteiger partial charge in [-0.15, -0.1) is 22.9 Å². The highest BCUT2D eigenvalue weighted by atomic mass is 35.5. The topological polar surface area (TPSA) is 25.4 Å². The predicted octanol–water partition coefficient (Wildman–Crippen LogP) is 4.08. The molecule has 22 heavy (non-hydrogen) atoms. The van der Waals surface area contributed by atoms with E-state index in [2.05, 4.69) is 48.0 Å². The molecular formula is C17H21ClN2OS. The number of benzene rings is 1. The van der Waals surface area contributed by atoms with Crippen LogP contribution < -0.4 is 0 Å². The minimum Gasteiger partial charge on any atom is -0.379 e. The second-order valence-electron chi connectivity index (χ2n) is 5.75. The Hall–Kier alpha value is -0.940. The zero-order chi connectivity index (χ0) is 15.5. The molecule has 0 aliphatic carbocycles. The van der Waals surface area contributed by atoms with Gasteiger partial charge in [-0.1, -0.05) is 24.3 Å². The van der Waals surface area contributed by atoms with Gasteiger partial charge < -0.3 is 4.74 Å². The Morgan fingerprint density at radius 1 is 1.36 bits per heavy atom. The van der Waals surface area contributed by atoms with Crippen LogP contribution in [0.2, 0.25) is 0 Å². The highest BCUT2D eigenvalue weighted by molar-refractivity contribution is 7.15. The van der Waals surface area contributed by atoms with Gasteiger partial charge in [0, 0.05) is 29.6 Å². The monoisotopic (exact) mass is 336 g/mol. The number of rotatable bonds is 4. The number of hydrogen-bond donors (Lipinski definition) is 0. The molecule has 2 aromatic rings. The Kier molecular flexibility index (Phi) is 5.14. The highest BCUT2D eigenvalue weighted by Crippen LogP contribution is 2.28. The first-order chi connectivity index (χ1) is 10.7. The second kappa shape index (κ2) is 7.09. The fraction of sp³-hybridized carbons (Fsp3) is 0.471. The van der Waals surface area contributed by atoms with Crippen molar-refractivity contribution in [1.29, 1.82) is 0 Å². The van der Waals surface area contributed by atoms with E-state index < -0.39 is 0 Å². The number of hydrogen-bond acceptors (Lipinski definition) is 4. The van der Waals surface area contributed by atoms with Crippen molar-refractivity contribution in [3.8, 4) is 10.6 Å². The van der Waals surface area contributed by atoms with Crippen LogP contribution >= 0.6 is 22.9 Å². The van der Waals surface area contributed by atoms with Gasteiger partial charge in [-0.2, -0.15) is 0 Å². The first kappa shape index (κ1) is 15.9. The third-order valence-corrected chi connectivity index (χ3v) is 5.43. The van der Waals surface area contributed by atoms with Crippen LogP contribution in [0.4, 0.5) is 0 Å². The average molecular weight is 337 g/mol. The summed E-state index contributed by atoms with van der Waals surface area (Å²) in [6.07, 6.45) is 0. The van der Waals surface area contributed by atoms with Gasteiger partial charge in [-0.3, -0.25) is 4.90 Å². The van der Waals surface area contributed by atoms with Crippen LogP contribution in [0.1, 0.15) is 23.1 Å². The zero-order valence-corrected chi connectivity index (χ0v) is 14.6. The number of halogens is 1. The summed E-state index contributed by atoms with van der Waals surface area (Å²) in [5, 5.41) is 1.06. The predicted molar refractivity (Wildman–Crippen MR) is 92.5 cm³/mol. The van der Waals surface area contributed by atoms with Crippen molar-refractivity contribution < 1.29 is 4.74 Å². The second-order valence-corrected chi connectivity index (χ2v) is 7.22. The normalized spacial score (nSPS) is 19.5. The number of thiazole rings is 1. The Morgan fingerprint density at radius 3 is 2.77 bits per heavy atom. The van der Waals surface area contributed by atoms with E-state index in [4.69, 9.17) is 16.3 Å². The summed E-state index contributed by atoms with van der Waals surface area (Å²) in [5.41, 5.74) is 3.50. The number of aryl methyl sites for hydroxylation is 1. The van der Waals surface area contributed by atoms with E-state index in [1.165, 1.54) is 16.0 Å². The fourth-order valence-corrected chi connectivity index (χ4v) is 3.93. The SMILES string of the molecule is Cc1sc(-c2ccc(CN3CCOC[C@H]3C)cc2)nc1CCl. The molecule has 0 bridgehead atoms. The number of alkyl halides is 1. The van der Waals surface area contributed by atoms with Crippen LogP contribution in [0.5, 0.6) is 0 Å². The molecule has 0 saturated carbocycles. The van der Waals surface area contributed by atoms with Crippen LogP contribution in [0.15, 0.2) is 24.3 Å². The van der Waals surface area contributed by atoms with Crippen LogP contribution in [0.25, 0.3) is 10.6 Å². The van der Waals surface area contributed by atoms with Gasteiger partial charge in [0.25, 0.3) is 0 Å². The van der Waals surface area contributed by atoms with Crippen molar-refractivity contribution in [2.24, 2.45) is 0 Å². The molecule has 1 aromatic carbocycles. The summed E-state index contributed by atoms with van der Waals surface area (Å²) in [4.78, 5) is 8.29. The lowest BCUT2D eigenvalue weighted by Crippen LogP contribution is -2.42. The maximum Gasteiger partial charge on any atom is 0.123 e. The lowest BCUT2D eigenvalue weighted by Gasteiger charge is -2.33. The molecule has 1 aromatic heterocycles. The summed E-state index contributed by atoms with van der Waals surface area (Å²) in [5.74, 6) is 0.481. The Balaban J connectivity index is 1.71. The summed E-state index contributed by atoms with van der Waals surface area (Å²) < 4.78 is 5.49. The minimum atomic E-state index is 0.481. The Morgan fingerprint density at radius 2 is 2.14 bits per heavy atom. The molecular weight excluding hydrogens is 316 g/mol. The van der Waals surface area contributed by atoms with Crippen molar-refractivity contribution in [1.82, 2.24) is 9.88 Å². The van der Waals surface area contributed by atoms with Gasteiger partial charge in [0.2, 0.25) is 0 Å². The number of aromatic nitrogens is 1. The van der Waals surface area contributed by atoms with E-state index >= 15 is 0 Å². The van der Waals surface area contributed by atoms with E-state index in [0.29, 0.717) is 11.9 Å². The standard InChI is InChI=1S/C17H21ClN2OS/c1-12-11-21-8-7-20(12)10-14-3-5-15(6-4-14)17-19-16(9-18)13(2)22-17/h3-6,12H,7-11H2,1-2H3/t12-/m1/s1. The Labute approximate surface area is 140 Å². The third-order valence-electron chi connectivity index (χ3n) is 4.11. The van der Waals surface area contributed by atoms with Crippen molar-refractivity contribution >= 4 is 22.9 Å². The molecule has 118 valence electrons. The number of ether oxygens (including phenoxy) is 1. The van der Waals surface area contributed by atoms with Gasteiger partial charge in [0.1, 0.15) is 5.01 Å². The van der Waals surface area contributed by atoms with Crippen LogP contribution in [-0.2, 0) is 17.2 Å². The Bertz CT molecular complexity index is 626. The van der Waals surface area contributed by atoms with Crippen LogP contribution in [-0.4, -0.2) is 35.7 Å². The highest BCUT2D eigenvalue weighted by Gasteiger charge is 2.18. The van der Waals surface area contributed by atoms with E-state index in [-0.39, 0.29) is 0 Å². The molecule has 0 radical (unpaired) electrons. The maximum absolute atomic E-state index is 5.91. The summed E-state index contributed by atoms with van der Waals surface area (Å²) in [7, 11) is 0. The van der Waals surface area contributed by atoms with E-state index in [9.17, 15) is 0 Å². The molecule has 1 fully saturated rings. The number of nitrogens with zero attached hydrogens (tertiary/aromatic N) is 2. The van der Waals surface area contributed by atoms with Gasteiger partial charge >= 0.3 is 0 Å². The molecule has 3 nitrogen and oxygen atoms in total. The molecule has 1 saturated heterocycles. The van der Waals surface area contributed by atoms with Gasteiger partial charge in [0.15, 0.2) is 0 Å². The quantitative estimate of drug-likeness (QED) is 0.787. The summed E-state index contributed by atoms with van der Waals surface area (Å²) >= 11 is 7.62. The lowest BCUT2D eigenvalue weighted by atomic mass is 10.1. The van der Waals surface area contributed by atoms with E-state index in [1.54, 1.807) is 11.3 Å². The van der Waals surface area contributed by atoms with Crippen molar-refractivity contribution in [3.05, 3.63) is 40.4 Å². The average Bonchev–Trinajstić information content (AvgIpc) is 2.91. The molecule has 0 unspecified atom stereocenters. The smallest absolute Gasteiger partial charge is 0.123 e. The molecule has 0 N–H and O–H groups in total. The van der Waals surface area contributed by atoms with Gasteiger partial charge in [-0.25, -0.2) is 4.98 Å². The number of morpholine rings is 1. The molecule has 3 rings (SSSR count). The molecule has 1 atom stereocenters. The molecule has 1 aliphatic rings. The van der Waals surface area contributed by atoms with Crippen LogP contribution in [0, 0.1) is 6.92 Å². The van der Waals surface area contributed by atoms with E-state index in [1.807, 2.05) is 0 Å². The third kappa shape index (κ3) is 3.51. The van der Waals surface area contributed by atoms with Crippen molar-refractivity contribution in [2.45, 2.75) is 32.3 Å². The minimum absolute atomic E-state index is 0.481. The zero-order valence-electron chi connectivity index (χ0n) is 13.0. The molecule has 2 heterocycles. The molecule has 0 spiro atoms. The van der Waals surface area contributed by atoms with Gasteiger partial charge in [0.05, 0.1) is 24.8 Å². The first-order valence-corrected chi connectivity index (χ1v) is 8.96. The molecule has 1 aliphatic heterocycles. The van der Waals surface area contributed by atoms with Crippen molar-refractivity contribution in [2.75, 3.05) is 19.8 Å². The van der Waals surface area contributed by atoms with Crippen molar-refractivity contribution in [3.63, 3.8) is 0 Å². The first-order valence-electron chi connectivity index (χ1n) is 7.60. The summed E-state index contributed by atoms with van der Waals surface area (Å²) in [6, 6.07) is 9.22. The summed E-state index contributed by atoms with van der Waals surface area (Å²) in [6.45, 7) is 7.95. The van der Waals surface area contributed by atoms with Crippen LogP contribution in [0.3, 0.4) is 0 Å². The van der Waals surface area contributed by atoms with E-state index in [0.717, 1.165) is 37.0 Å². The molecule has 0 amide bonds. The fourth-order valence-electron chi connectivity index (χ4n) is 2.66. The largest absolute Gasteiger partial charge is 0.379 e. The van der Waals surface area contributed by atoms with Gasteiger partial charge in [-0.05, 0) is 19.4 Å². The molecule has 5 heteroatoms.